The van der Waals surface area contributed by atoms with Crippen molar-refractivity contribution in [2.45, 2.75) is 10.9 Å². The maximum absolute atomic E-state index is 13.4. The van der Waals surface area contributed by atoms with Gasteiger partial charge in [-0.25, -0.2) is 17.2 Å². The topological polar surface area (TPSA) is 57.7 Å². The zero-order valence-electron chi connectivity index (χ0n) is 12.7. The molecular formula is C14H16F2N2O3S3. The second-order valence-electron chi connectivity index (χ2n) is 5.45. The molecule has 2 fully saturated rings. The molecule has 2 aliphatic rings. The predicted molar refractivity (Wildman–Crippen MR) is 90.4 cm³/mol. The van der Waals surface area contributed by atoms with E-state index in [2.05, 4.69) is 0 Å². The van der Waals surface area contributed by atoms with Gasteiger partial charge in [-0.3, -0.25) is 4.79 Å². The Morgan fingerprint density at radius 1 is 1.08 bits per heavy atom. The number of amides is 1. The lowest BCUT2D eigenvalue weighted by molar-refractivity contribution is -0.133. The predicted octanol–water partition coefficient (Wildman–Crippen LogP) is 1.60. The molecule has 0 bridgehead atoms. The Morgan fingerprint density at radius 2 is 1.71 bits per heavy atom. The van der Waals surface area contributed by atoms with E-state index in [0.29, 0.717) is 24.9 Å². The van der Waals surface area contributed by atoms with Crippen LogP contribution in [0.25, 0.3) is 0 Å². The standard InChI is InChI=1S/C14H16F2N2O3S3/c15-10-5-11(16)7-12(6-10)24(20,21)18-9-23-8-13(18)14(19)17-1-3-22-4-2-17/h5-7,13H,1-4,8-9H2. The Kier molecular flexibility index (Phi) is 5.38. The van der Waals surface area contributed by atoms with E-state index in [0.717, 1.165) is 27.9 Å². The quantitative estimate of drug-likeness (QED) is 0.780. The number of rotatable bonds is 3. The van der Waals surface area contributed by atoms with Crippen LogP contribution in [0, 0.1) is 11.6 Å². The fourth-order valence-electron chi connectivity index (χ4n) is 2.67. The summed E-state index contributed by atoms with van der Waals surface area (Å²) in [5, 5.41) is 0. The highest BCUT2D eigenvalue weighted by molar-refractivity contribution is 8.00. The Labute approximate surface area is 147 Å². The van der Waals surface area contributed by atoms with Crippen molar-refractivity contribution < 1.29 is 22.0 Å². The molecule has 132 valence electrons. The van der Waals surface area contributed by atoms with Crippen molar-refractivity contribution in [2.24, 2.45) is 0 Å². The van der Waals surface area contributed by atoms with Gasteiger partial charge >= 0.3 is 0 Å². The first-order valence-corrected chi connectivity index (χ1v) is 11.1. The highest BCUT2D eigenvalue weighted by Gasteiger charge is 2.42. The SMILES string of the molecule is O=C(C1CSCN1S(=O)(=O)c1cc(F)cc(F)c1)N1CCSCC1. The molecule has 1 atom stereocenters. The third kappa shape index (κ3) is 3.56. The zero-order chi connectivity index (χ0) is 17.3. The van der Waals surface area contributed by atoms with E-state index in [1.165, 1.54) is 11.8 Å². The Balaban J connectivity index is 1.87. The van der Waals surface area contributed by atoms with E-state index in [9.17, 15) is 22.0 Å². The second-order valence-corrected chi connectivity index (χ2v) is 9.57. The molecule has 0 saturated carbocycles. The van der Waals surface area contributed by atoms with Crippen LogP contribution in [-0.4, -0.2) is 65.8 Å². The van der Waals surface area contributed by atoms with Gasteiger partial charge in [-0.05, 0) is 12.1 Å². The molecule has 0 spiro atoms. The number of carbonyl (C=O) groups excluding carboxylic acids is 1. The lowest BCUT2D eigenvalue weighted by atomic mass is 10.3. The van der Waals surface area contributed by atoms with Gasteiger partial charge in [-0.2, -0.15) is 16.1 Å². The van der Waals surface area contributed by atoms with Crippen LogP contribution in [0.3, 0.4) is 0 Å². The fourth-order valence-corrected chi connectivity index (χ4v) is 6.75. The number of hydrogen-bond donors (Lipinski definition) is 0. The summed E-state index contributed by atoms with van der Waals surface area (Å²) in [6, 6.07) is 1.35. The van der Waals surface area contributed by atoms with Crippen LogP contribution in [0.5, 0.6) is 0 Å². The Hall–Kier alpha value is -0.840. The van der Waals surface area contributed by atoms with E-state index in [4.69, 9.17) is 0 Å². The van der Waals surface area contributed by atoms with Gasteiger partial charge in [0, 0.05) is 36.4 Å². The van der Waals surface area contributed by atoms with Gasteiger partial charge in [-0.15, -0.1) is 11.8 Å². The first kappa shape index (κ1) is 18.0. The summed E-state index contributed by atoms with van der Waals surface area (Å²) in [5.74, 6) is -0.0617. The molecule has 2 aliphatic heterocycles. The minimum atomic E-state index is -4.14. The number of benzene rings is 1. The summed E-state index contributed by atoms with van der Waals surface area (Å²) in [6.07, 6.45) is 0. The third-order valence-corrected chi connectivity index (χ3v) is 7.84. The smallest absolute Gasteiger partial charge is 0.244 e. The first-order valence-electron chi connectivity index (χ1n) is 7.32. The molecule has 5 nitrogen and oxygen atoms in total. The molecule has 1 unspecified atom stereocenters. The normalized spacial score (nSPS) is 22.8. The van der Waals surface area contributed by atoms with E-state index in [1.54, 1.807) is 16.7 Å². The molecule has 24 heavy (non-hydrogen) atoms. The number of hydrogen-bond acceptors (Lipinski definition) is 5. The van der Waals surface area contributed by atoms with Gasteiger partial charge in [0.2, 0.25) is 15.9 Å². The van der Waals surface area contributed by atoms with Crippen molar-refractivity contribution in [1.82, 2.24) is 9.21 Å². The number of sulfonamides is 1. The van der Waals surface area contributed by atoms with Crippen LogP contribution in [-0.2, 0) is 14.8 Å². The molecule has 3 rings (SSSR count). The largest absolute Gasteiger partial charge is 0.340 e. The number of thioether (sulfide) groups is 2. The maximum atomic E-state index is 13.4. The van der Waals surface area contributed by atoms with E-state index in [-0.39, 0.29) is 11.8 Å². The molecule has 1 aromatic carbocycles. The summed E-state index contributed by atoms with van der Waals surface area (Å²) in [4.78, 5) is 13.9. The molecule has 1 aromatic rings. The van der Waals surface area contributed by atoms with Crippen LogP contribution in [0.4, 0.5) is 8.78 Å². The molecule has 0 aromatic heterocycles. The maximum Gasteiger partial charge on any atom is 0.244 e. The Bertz CT molecular complexity index is 719. The highest BCUT2D eigenvalue weighted by Crippen LogP contribution is 2.30. The van der Waals surface area contributed by atoms with Crippen molar-refractivity contribution in [3.05, 3.63) is 29.8 Å². The van der Waals surface area contributed by atoms with Crippen molar-refractivity contribution in [1.29, 1.82) is 0 Å². The Morgan fingerprint density at radius 3 is 2.33 bits per heavy atom. The molecule has 0 radical (unpaired) electrons. The first-order chi connectivity index (χ1) is 11.4. The van der Waals surface area contributed by atoms with Crippen molar-refractivity contribution in [3.63, 3.8) is 0 Å². The monoisotopic (exact) mass is 394 g/mol. The molecule has 2 saturated heterocycles. The van der Waals surface area contributed by atoms with E-state index in [1.807, 2.05) is 0 Å². The number of carbonyl (C=O) groups is 1. The zero-order valence-corrected chi connectivity index (χ0v) is 15.1. The van der Waals surface area contributed by atoms with Crippen LogP contribution in [0.1, 0.15) is 0 Å². The average molecular weight is 394 g/mol. The van der Waals surface area contributed by atoms with E-state index < -0.39 is 32.6 Å². The van der Waals surface area contributed by atoms with Gasteiger partial charge in [0.25, 0.3) is 0 Å². The molecular weight excluding hydrogens is 378 g/mol. The van der Waals surface area contributed by atoms with Crippen molar-refractivity contribution >= 4 is 39.5 Å². The van der Waals surface area contributed by atoms with Crippen LogP contribution in [0.2, 0.25) is 0 Å². The van der Waals surface area contributed by atoms with Crippen LogP contribution in [0.15, 0.2) is 23.1 Å². The molecule has 0 aliphatic carbocycles. The highest BCUT2D eigenvalue weighted by atomic mass is 32.2. The van der Waals surface area contributed by atoms with Gasteiger partial charge in [0.05, 0.1) is 10.8 Å². The molecule has 10 heteroatoms. The lowest BCUT2D eigenvalue weighted by Gasteiger charge is -2.31. The van der Waals surface area contributed by atoms with Crippen molar-refractivity contribution in [2.75, 3.05) is 36.2 Å². The summed E-state index contributed by atoms with van der Waals surface area (Å²) >= 11 is 3.07. The van der Waals surface area contributed by atoms with Gasteiger partial charge < -0.3 is 4.90 Å². The molecule has 0 N–H and O–H groups in total. The summed E-state index contributed by atoms with van der Waals surface area (Å²) in [5.41, 5.74) is 0. The summed E-state index contributed by atoms with van der Waals surface area (Å²) in [7, 11) is -4.14. The fraction of sp³-hybridized carbons (Fsp3) is 0.500. The van der Waals surface area contributed by atoms with Crippen LogP contribution >= 0.6 is 23.5 Å². The van der Waals surface area contributed by atoms with Gasteiger partial charge in [-0.1, -0.05) is 0 Å². The average Bonchev–Trinajstić information content (AvgIpc) is 3.04. The van der Waals surface area contributed by atoms with Crippen LogP contribution < -0.4 is 0 Å². The summed E-state index contributed by atoms with van der Waals surface area (Å²) < 4.78 is 53.3. The second kappa shape index (κ2) is 7.19. The van der Waals surface area contributed by atoms with E-state index >= 15 is 0 Å². The number of nitrogens with zero attached hydrogens (tertiary/aromatic N) is 2. The lowest BCUT2D eigenvalue weighted by Crippen LogP contribution is -2.51. The van der Waals surface area contributed by atoms with Gasteiger partial charge in [0.1, 0.15) is 17.7 Å². The third-order valence-electron chi connectivity index (χ3n) is 3.89. The number of halogens is 2. The van der Waals surface area contributed by atoms with Crippen molar-refractivity contribution in [3.8, 4) is 0 Å². The van der Waals surface area contributed by atoms with Gasteiger partial charge in [0.15, 0.2) is 0 Å². The molecule has 1 amide bonds. The minimum absolute atomic E-state index is 0.0967. The minimum Gasteiger partial charge on any atom is -0.340 e. The summed E-state index contributed by atoms with van der Waals surface area (Å²) in [6.45, 7) is 1.18. The molecule has 2 heterocycles.